The number of hydrogen-bond donors (Lipinski definition) is 1. The fourth-order valence-corrected chi connectivity index (χ4v) is 1.88. The summed E-state index contributed by atoms with van der Waals surface area (Å²) in [6.45, 7) is 1.90. The monoisotopic (exact) mass is 210 g/mol. The van der Waals surface area contributed by atoms with Gasteiger partial charge in [-0.2, -0.15) is 0 Å². The minimum absolute atomic E-state index is 0.0155. The molecule has 1 aliphatic carbocycles. The molecule has 2 rings (SSSR count). The lowest BCUT2D eigenvalue weighted by molar-refractivity contribution is -0.147. The van der Waals surface area contributed by atoms with Crippen LogP contribution in [0.3, 0.4) is 0 Å². The highest BCUT2D eigenvalue weighted by Crippen LogP contribution is 2.37. The van der Waals surface area contributed by atoms with Crippen LogP contribution < -0.4 is 5.32 Å². The summed E-state index contributed by atoms with van der Waals surface area (Å²) in [5, 5.41) is 2.18. The highest BCUT2D eigenvalue weighted by atomic mass is 16.2. The lowest BCUT2D eigenvalue weighted by Gasteiger charge is -2.27. The Morgan fingerprint density at radius 3 is 2.33 bits per heavy atom. The zero-order chi connectivity index (χ0) is 11.0. The standard InChI is InChI=1S/C10H14N2O3/c1-6(7-2-3-7)10(15)12-4-8(13)11-9(14)5-12/h6-7H,2-5H2,1H3,(H,11,13,14). The number of carbonyl (C=O) groups excluding carboxylic acids is 3. The van der Waals surface area contributed by atoms with Crippen molar-refractivity contribution in [1.29, 1.82) is 0 Å². The average molecular weight is 210 g/mol. The molecule has 0 spiro atoms. The molecule has 5 heteroatoms. The Hall–Kier alpha value is -1.39. The third-order valence-corrected chi connectivity index (χ3v) is 2.98. The van der Waals surface area contributed by atoms with Gasteiger partial charge in [-0.05, 0) is 18.8 Å². The Balaban J connectivity index is 1.99. The molecule has 1 saturated carbocycles. The molecule has 1 atom stereocenters. The second-order valence-corrected chi connectivity index (χ2v) is 4.29. The lowest BCUT2D eigenvalue weighted by Crippen LogP contribution is -2.54. The lowest BCUT2D eigenvalue weighted by atomic mass is 10.0. The smallest absolute Gasteiger partial charge is 0.246 e. The van der Waals surface area contributed by atoms with Crippen LogP contribution in [0.5, 0.6) is 0 Å². The van der Waals surface area contributed by atoms with Crippen molar-refractivity contribution in [2.75, 3.05) is 13.1 Å². The van der Waals surface area contributed by atoms with Crippen LogP contribution in [0.2, 0.25) is 0 Å². The average Bonchev–Trinajstić information content (AvgIpc) is 2.97. The van der Waals surface area contributed by atoms with Crippen LogP contribution in [-0.4, -0.2) is 35.7 Å². The molecule has 5 nitrogen and oxygen atoms in total. The van der Waals surface area contributed by atoms with Crippen molar-refractivity contribution < 1.29 is 14.4 Å². The number of piperazine rings is 1. The van der Waals surface area contributed by atoms with Crippen molar-refractivity contribution in [3.05, 3.63) is 0 Å². The maximum Gasteiger partial charge on any atom is 0.246 e. The molecular weight excluding hydrogens is 196 g/mol. The van der Waals surface area contributed by atoms with Crippen molar-refractivity contribution in [3.8, 4) is 0 Å². The van der Waals surface area contributed by atoms with Crippen molar-refractivity contribution >= 4 is 17.7 Å². The predicted octanol–water partition coefficient (Wildman–Crippen LogP) is -0.483. The second kappa shape index (κ2) is 3.64. The van der Waals surface area contributed by atoms with Crippen molar-refractivity contribution in [2.24, 2.45) is 11.8 Å². The molecule has 82 valence electrons. The third-order valence-electron chi connectivity index (χ3n) is 2.98. The van der Waals surface area contributed by atoms with E-state index >= 15 is 0 Å². The van der Waals surface area contributed by atoms with Crippen LogP contribution in [0.15, 0.2) is 0 Å². The Labute approximate surface area is 87.8 Å². The zero-order valence-electron chi connectivity index (χ0n) is 8.66. The molecule has 0 aromatic heterocycles. The van der Waals surface area contributed by atoms with Crippen molar-refractivity contribution in [2.45, 2.75) is 19.8 Å². The SMILES string of the molecule is CC(C(=O)N1CC(=O)NC(=O)C1)C1CC1. The maximum absolute atomic E-state index is 11.9. The van der Waals surface area contributed by atoms with Gasteiger partial charge in [-0.15, -0.1) is 0 Å². The quantitative estimate of drug-likeness (QED) is 0.626. The summed E-state index contributed by atoms with van der Waals surface area (Å²) in [7, 11) is 0. The van der Waals surface area contributed by atoms with Crippen molar-refractivity contribution in [1.82, 2.24) is 10.2 Å². The van der Waals surface area contributed by atoms with Crippen LogP contribution in [0, 0.1) is 11.8 Å². The highest BCUT2D eigenvalue weighted by Gasteiger charge is 2.37. The van der Waals surface area contributed by atoms with Gasteiger partial charge in [0.2, 0.25) is 17.7 Å². The van der Waals surface area contributed by atoms with Crippen LogP contribution in [-0.2, 0) is 14.4 Å². The number of nitrogens with one attached hydrogen (secondary N) is 1. The van der Waals surface area contributed by atoms with E-state index in [9.17, 15) is 14.4 Å². The fraction of sp³-hybridized carbons (Fsp3) is 0.700. The van der Waals surface area contributed by atoms with Gasteiger partial charge in [-0.3, -0.25) is 19.7 Å². The molecule has 0 aromatic rings. The molecule has 0 aromatic carbocycles. The van der Waals surface area contributed by atoms with E-state index < -0.39 is 0 Å². The van der Waals surface area contributed by atoms with Crippen molar-refractivity contribution in [3.63, 3.8) is 0 Å². The van der Waals surface area contributed by atoms with E-state index in [1.54, 1.807) is 0 Å². The van der Waals surface area contributed by atoms with E-state index in [4.69, 9.17) is 0 Å². The molecule has 1 N–H and O–H groups in total. The number of imide groups is 1. The first kappa shape index (κ1) is 10.1. The van der Waals surface area contributed by atoms with Gasteiger partial charge in [-0.25, -0.2) is 0 Å². The summed E-state index contributed by atoms with van der Waals surface area (Å²) in [4.78, 5) is 35.4. The third kappa shape index (κ3) is 2.16. The molecule has 2 aliphatic rings. The van der Waals surface area contributed by atoms with Gasteiger partial charge in [-0.1, -0.05) is 6.92 Å². The fourth-order valence-electron chi connectivity index (χ4n) is 1.88. The van der Waals surface area contributed by atoms with E-state index in [0.29, 0.717) is 5.92 Å². The number of amides is 3. The zero-order valence-corrected chi connectivity index (χ0v) is 8.66. The molecule has 1 unspecified atom stereocenters. The van der Waals surface area contributed by atoms with Gasteiger partial charge in [0.15, 0.2) is 0 Å². The summed E-state index contributed by atoms with van der Waals surface area (Å²) in [6.07, 6.45) is 2.17. The summed E-state index contributed by atoms with van der Waals surface area (Å²) < 4.78 is 0. The molecule has 1 saturated heterocycles. The highest BCUT2D eigenvalue weighted by molar-refractivity contribution is 6.02. The molecule has 3 amide bonds. The molecule has 0 bridgehead atoms. The van der Waals surface area contributed by atoms with Crippen LogP contribution in [0.1, 0.15) is 19.8 Å². The van der Waals surface area contributed by atoms with Gasteiger partial charge in [0.05, 0.1) is 0 Å². The van der Waals surface area contributed by atoms with Crippen LogP contribution >= 0.6 is 0 Å². The van der Waals surface area contributed by atoms with Gasteiger partial charge in [0.1, 0.15) is 13.1 Å². The van der Waals surface area contributed by atoms with Gasteiger partial charge < -0.3 is 4.90 Å². The normalized spacial score (nSPS) is 23.7. The molecule has 15 heavy (non-hydrogen) atoms. The first-order valence-corrected chi connectivity index (χ1v) is 5.19. The molecule has 1 aliphatic heterocycles. The summed E-state index contributed by atoms with van der Waals surface area (Å²) in [5.74, 6) is -0.438. The largest absolute Gasteiger partial charge is 0.324 e. The Morgan fingerprint density at radius 2 is 1.87 bits per heavy atom. The van der Waals surface area contributed by atoms with E-state index in [0.717, 1.165) is 12.8 Å². The Bertz CT molecular complexity index is 307. The molecular formula is C10H14N2O3. The van der Waals surface area contributed by atoms with Gasteiger partial charge in [0.25, 0.3) is 0 Å². The number of nitrogens with zero attached hydrogens (tertiary/aromatic N) is 1. The second-order valence-electron chi connectivity index (χ2n) is 4.29. The van der Waals surface area contributed by atoms with E-state index in [1.807, 2.05) is 6.92 Å². The molecule has 1 heterocycles. The summed E-state index contributed by atoms with van der Waals surface area (Å²) in [5.41, 5.74) is 0. The van der Waals surface area contributed by atoms with E-state index in [-0.39, 0.29) is 36.7 Å². The minimum atomic E-state index is -0.386. The number of carbonyl (C=O) groups is 3. The Morgan fingerprint density at radius 1 is 1.33 bits per heavy atom. The summed E-state index contributed by atoms with van der Waals surface area (Å²) >= 11 is 0. The van der Waals surface area contributed by atoms with Gasteiger partial charge in [0, 0.05) is 5.92 Å². The summed E-state index contributed by atoms with van der Waals surface area (Å²) in [6, 6.07) is 0. The van der Waals surface area contributed by atoms with Gasteiger partial charge >= 0.3 is 0 Å². The Kier molecular flexibility index (Phi) is 2.46. The predicted molar refractivity (Wildman–Crippen MR) is 51.6 cm³/mol. The van der Waals surface area contributed by atoms with Crippen LogP contribution in [0.4, 0.5) is 0 Å². The van der Waals surface area contributed by atoms with E-state index in [1.165, 1.54) is 4.90 Å². The van der Waals surface area contributed by atoms with E-state index in [2.05, 4.69) is 5.32 Å². The molecule has 0 radical (unpaired) electrons. The minimum Gasteiger partial charge on any atom is -0.324 e. The number of hydrogen-bond acceptors (Lipinski definition) is 3. The number of rotatable bonds is 2. The topological polar surface area (TPSA) is 66.5 Å². The van der Waals surface area contributed by atoms with Crippen LogP contribution in [0.25, 0.3) is 0 Å². The first-order chi connectivity index (χ1) is 7.08. The molecule has 2 fully saturated rings. The first-order valence-electron chi connectivity index (χ1n) is 5.19. The maximum atomic E-state index is 11.9.